The van der Waals surface area contributed by atoms with Crippen molar-refractivity contribution in [3.63, 3.8) is 0 Å². The number of hydrogen-bond acceptors (Lipinski definition) is 2. The van der Waals surface area contributed by atoms with E-state index in [9.17, 15) is 0 Å². The second-order valence-corrected chi connectivity index (χ2v) is 28.7. The molecule has 5 heterocycles. The van der Waals surface area contributed by atoms with Crippen molar-refractivity contribution in [2.45, 2.75) is 52.4 Å². The van der Waals surface area contributed by atoms with E-state index in [0.717, 1.165) is 72.9 Å². The van der Waals surface area contributed by atoms with Crippen molar-refractivity contribution >= 4 is 117 Å². The minimum atomic E-state index is -0.272. The lowest BCUT2D eigenvalue weighted by molar-refractivity contribution is 0.590. The Morgan fingerprint density at radius 3 is 1.13 bits per heavy atom. The normalized spacial score (nSPS) is 13.0. The van der Waals surface area contributed by atoms with Crippen LogP contribution in [0.5, 0.6) is 0 Å². The van der Waals surface area contributed by atoms with Gasteiger partial charge in [0, 0.05) is 71.6 Å². The lowest BCUT2D eigenvalue weighted by atomic mass is 9.33. The van der Waals surface area contributed by atoms with E-state index in [1.807, 2.05) is 0 Å². The first kappa shape index (κ1) is 56.8. The van der Waals surface area contributed by atoms with E-state index in [4.69, 9.17) is 0 Å². The number of anilines is 6. The summed E-state index contributed by atoms with van der Waals surface area (Å²) in [5.41, 5.74) is 31.8. The quantitative estimate of drug-likeness (QED) is 0.141. The summed E-state index contributed by atoms with van der Waals surface area (Å²) in [5, 5.41) is 7.42. The van der Waals surface area contributed by atoms with Crippen LogP contribution < -0.4 is 26.2 Å². The number of aromatic nitrogens is 2. The summed E-state index contributed by atoms with van der Waals surface area (Å²) in [7, 11) is 0. The second-order valence-electron chi connectivity index (χ2n) is 28.7. The topological polar surface area (TPSA) is 15.8 Å². The van der Waals surface area contributed by atoms with Crippen LogP contribution in [0.3, 0.4) is 0 Å². The van der Waals surface area contributed by atoms with E-state index in [1.165, 1.54) is 110 Å². The van der Waals surface area contributed by atoms with Crippen LogP contribution >= 0.6 is 0 Å². The van der Waals surface area contributed by atoms with Crippen molar-refractivity contribution in [1.82, 2.24) is 8.97 Å². The predicted molar refractivity (Wildman–Crippen MR) is 414 cm³/mol. The smallest absolute Gasteiger partial charge is 0.252 e. The molecule has 14 aromatic carbocycles. The van der Waals surface area contributed by atoms with Gasteiger partial charge in [-0.3, -0.25) is 0 Å². The molecular formula is C92H69BN4. The highest BCUT2D eigenvalue weighted by atomic mass is 15.2. The van der Waals surface area contributed by atoms with Crippen molar-refractivity contribution in [2.75, 3.05) is 9.80 Å². The molecule has 0 radical (unpaired) electrons. The first-order valence-corrected chi connectivity index (χ1v) is 34.2. The van der Waals surface area contributed by atoms with E-state index in [1.54, 1.807) is 0 Å². The zero-order chi connectivity index (χ0) is 65.0. The van der Waals surface area contributed by atoms with Gasteiger partial charge in [0.15, 0.2) is 0 Å². The lowest BCUT2D eigenvalue weighted by Crippen LogP contribution is -2.61. The molecule has 0 unspecified atom stereocenters. The molecule has 19 rings (SSSR count). The number of fused-ring (bicyclic) bond motifs is 15. The van der Waals surface area contributed by atoms with Gasteiger partial charge < -0.3 is 18.8 Å². The first-order chi connectivity index (χ1) is 47.5. The number of rotatable bonds is 8. The fourth-order valence-electron chi connectivity index (χ4n) is 16.6. The summed E-state index contributed by atoms with van der Waals surface area (Å²) in [6, 6.07) is 117. The maximum Gasteiger partial charge on any atom is 0.252 e. The Balaban J connectivity index is 1.05. The van der Waals surface area contributed by atoms with E-state index in [-0.39, 0.29) is 17.5 Å². The van der Waals surface area contributed by atoms with Gasteiger partial charge in [-0.05, 0) is 126 Å². The molecule has 0 saturated carbocycles. The van der Waals surface area contributed by atoms with Crippen LogP contribution in [0, 0.1) is 0 Å². The predicted octanol–water partition coefficient (Wildman–Crippen LogP) is 22.9. The van der Waals surface area contributed by atoms with E-state index >= 15 is 0 Å². The summed E-state index contributed by atoms with van der Waals surface area (Å²) in [5.74, 6) is 0. The van der Waals surface area contributed by atoms with Gasteiger partial charge in [0.2, 0.25) is 0 Å². The van der Waals surface area contributed by atoms with Crippen LogP contribution in [0.15, 0.2) is 309 Å². The molecule has 0 bridgehead atoms. The molecular weight excluding hydrogens is 1170 g/mol. The number of nitrogens with zero attached hydrogens (tertiary/aromatic N) is 4. The summed E-state index contributed by atoms with van der Waals surface area (Å²) in [4.78, 5) is 5.50. The molecule has 17 aromatic rings. The van der Waals surface area contributed by atoms with Crippen LogP contribution in [-0.4, -0.2) is 15.7 Å². The monoisotopic (exact) mass is 1240 g/mol. The molecule has 0 atom stereocenters. The molecule has 0 saturated heterocycles. The second kappa shape index (κ2) is 21.4. The Hall–Kier alpha value is -11.7. The van der Waals surface area contributed by atoms with E-state index < -0.39 is 0 Å². The molecule has 0 spiro atoms. The largest absolute Gasteiger partial charge is 0.309 e. The number of benzene rings is 14. The molecule has 2 aliphatic rings. The van der Waals surface area contributed by atoms with E-state index in [2.05, 4.69) is 370 Å². The molecule has 0 N–H and O–H groups in total. The van der Waals surface area contributed by atoms with E-state index in [0.29, 0.717) is 0 Å². The average Bonchev–Trinajstić information content (AvgIpc) is 1.58. The summed E-state index contributed by atoms with van der Waals surface area (Å²) >= 11 is 0. The van der Waals surface area contributed by atoms with Crippen molar-refractivity contribution in [2.24, 2.45) is 0 Å². The number of hydrogen-bond donors (Lipinski definition) is 0. The van der Waals surface area contributed by atoms with Gasteiger partial charge in [0.05, 0.1) is 50.3 Å². The van der Waals surface area contributed by atoms with Crippen LogP contribution in [0.1, 0.15) is 52.7 Å². The van der Waals surface area contributed by atoms with Gasteiger partial charge in [-0.25, -0.2) is 0 Å². The van der Waals surface area contributed by atoms with Crippen LogP contribution in [0.25, 0.3) is 121 Å². The third-order valence-corrected chi connectivity index (χ3v) is 21.1. The van der Waals surface area contributed by atoms with Gasteiger partial charge in [-0.15, -0.1) is 0 Å². The summed E-state index contributed by atoms with van der Waals surface area (Å²) < 4.78 is 5.17. The summed E-state index contributed by atoms with van der Waals surface area (Å²) in [6.45, 7) is 13.7. The molecule has 4 nitrogen and oxygen atoms in total. The Bertz CT molecular complexity index is 5830. The fraction of sp³-hybridized carbons (Fsp3) is 0.0870. The highest BCUT2D eigenvalue weighted by Crippen LogP contribution is 2.59. The van der Waals surface area contributed by atoms with Gasteiger partial charge in [-0.1, -0.05) is 296 Å². The Morgan fingerprint density at radius 1 is 0.278 bits per heavy atom. The third-order valence-electron chi connectivity index (χ3n) is 21.1. The zero-order valence-electron chi connectivity index (χ0n) is 55.3. The molecule has 460 valence electrons. The highest BCUT2D eigenvalue weighted by molar-refractivity contribution is 7.01. The maximum atomic E-state index is 2.77. The minimum absolute atomic E-state index is 0.0540. The standard InChI is InChI=1S/C92H69BN4/c1-91(2,3)64-47-52-79-73(55-64)74-56-65(92(4,5)6)48-53-80(74)94(79)66-49-50-75-82(57-66)97(87-69(61-34-18-10-19-35-61)42-27-43-70(87)62-36-20-11-21-37-62)90-84-72-39-23-25-45-78(72)95-77-44-24-22-38-71(77)83(88(84)95)89-85(90)93(75)76-54-63(58-28-12-7-13-29-58)46-51-81(76)96(89)86-67(59-30-14-8-15-31-59)40-26-41-68(86)60-32-16-9-17-33-60/h7-57H,1-6H3. The van der Waals surface area contributed by atoms with Gasteiger partial charge in [0.25, 0.3) is 6.71 Å². The Labute approximate surface area is 566 Å². The lowest BCUT2D eigenvalue weighted by Gasteiger charge is -2.46. The van der Waals surface area contributed by atoms with Gasteiger partial charge >= 0.3 is 0 Å². The van der Waals surface area contributed by atoms with Crippen LogP contribution in [-0.2, 0) is 10.8 Å². The third kappa shape index (κ3) is 8.57. The molecule has 2 aliphatic heterocycles. The van der Waals surface area contributed by atoms with Gasteiger partial charge in [0.1, 0.15) is 0 Å². The summed E-state index contributed by atoms with van der Waals surface area (Å²) in [6.07, 6.45) is 0. The minimum Gasteiger partial charge on any atom is -0.309 e. The fourth-order valence-corrected chi connectivity index (χ4v) is 16.6. The van der Waals surface area contributed by atoms with Crippen LogP contribution in [0.4, 0.5) is 34.1 Å². The molecule has 0 amide bonds. The Kier molecular flexibility index (Phi) is 12.6. The molecule has 3 aromatic heterocycles. The van der Waals surface area contributed by atoms with Crippen molar-refractivity contribution in [3.05, 3.63) is 321 Å². The zero-order valence-corrected chi connectivity index (χ0v) is 55.3. The molecule has 97 heavy (non-hydrogen) atoms. The number of para-hydroxylation sites is 4. The van der Waals surface area contributed by atoms with Crippen molar-refractivity contribution < 1.29 is 0 Å². The van der Waals surface area contributed by atoms with Crippen LogP contribution in [0.2, 0.25) is 0 Å². The SMILES string of the molecule is CC(C)(C)c1ccc2c(c1)c1cc(C(C)(C)C)ccc1n2-c1ccc2c(c1)N(c1c(-c3ccccc3)cccc1-c1ccccc1)c1c3c(c4c5ccccc5n5c6ccccc6c1c45)N(c1c(-c4ccccc4)cccc1-c1ccccc1)c1ccc(-c4ccccc4)cc1B23. The highest BCUT2D eigenvalue weighted by Gasteiger charge is 2.48. The van der Waals surface area contributed by atoms with Crippen molar-refractivity contribution in [3.8, 4) is 61.3 Å². The van der Waals surface area contributed by atoms with Crippen molar-refractivity contribution in [1.29, 1.82) is 0 Å². The molecule has 0 aliphatic carbocycles. The molecule has 5 heteroatoms. The Morgan fingerprint density at radius 2 is 0.691 bits per heavy atom. The van der Waals surface area contributed by atoms with Gasteiger partial charge in [-0.2, -0.15) is 0 Å². The maximum absolute atomic E-state index is 2.77. The molecule has 0 fully saturated rings. The average molecular weight is 1240 g/mol. The first-order valence-electron chi connectivity index (χ1n) is 34.2.